The summed E-state index contributed by atoms with van der Waals surface area (Å²) in [6.07, 6.45) is 1.13. The van der Waals surface area contributed by atoms with E-state index in [0.717, 1.165) is 17.6 Å². The first kappa shape index (κ1) is 9.46. The zero-order valence-electron chi connectivity index (χ0n) is 8.45. The van der Waals surface area contributed by atoms with Gasteiger partial charge < -0.3 is 5.73 Å². The van der Waals surface area contributed by atoms with Crippen LogP contribution in [0.3, 0.4) is 0 Å². The van der Waals surface area contributed by atoms with Crippen molar-refractivity contribution in [1.82, 2.24) is 4.98 Å². The second kappa shape index (κ2) is 3.58. The molecule has 0 aliphatic carbocycles. The predicted octanol–water partition coefficient (Wildman–Crippen LogP) is 3.39. The van der Waals surface area contributed by atoms with E-state index in [1.54, 1.807) is 11.3 Å². The van der Waals surface area contributed by atoms with E-state index in [9.17, 15) is 0 Å². The quantitative estimate of drug-likeness (QED) is 0.765. The van der Waals surface area contributed by atoms with Crippen molar-refractivity contribution >= 4 is 27.2 Å². The zero-order valence-corrected chi connectivity index (χ0v) is 9.27. The molecule has 0 spiro atoms. The van der Waals surface area contributed by atoms with Crippen molar-refractivity contribution in [2.45, 2.75) is 26.2 Å². The van der Waals surface area contributed by atoms with E-state index in [1.165, 1.54) is 9.71 Å². The van der Waals surface area contributed by atoms with Crippen LogP contribution >= 0.6 is 11.3 Å². The largest absolute Gasteiger partial charge is 0.399 e. The van der Waals surface area contributed by atoms with E-state index in [0.29, 0.717) is 5.92 Å². The van der Waals surface area contributed by atoms with Gasteiger partial charge in [0.05, 0.1) is 15.2 Å². The summed E-state index contributed by atoms with van der Waals surface area (Å²) < 4.78 is 1.23. The second-order valence-corrected chi connectivity index (χ2v) is 4.65. The van der Waals surface area contributed by atoms with Crippen molar-refractivity contribution in [2.75, 3.05) is 5.73 Å². The monoisotopic (exact) mass is 206 g/mol. The van der Waals surface area contributed by atoms with Crippen LogP contribution in [-0.4, -0.2) is 4.98 Å². The van der Waals surface area contributed by atoms with Gasteiger partial charge in [-0.05, 0) is 24.6 Å². The van der Waals surface area contributed by atoms with Gasteiger partial charge >= 0.3 is 0 Å². The maximum absolute atomic E-state index is 5.71. The summed E-state index contributed by atoms with van der Waals surface area (Å²) in [6.45, 7) is 4.40. The molecule has 2 N–H and O–H groups in total. The molecule has 74 valence electrons. The van der Waals surface area contributed by atoms with Gasteiger partial charge in [-0.1, -0.05) is 13.8 Å². The van der Waals surface area contributed by atoms with Crippen molar-refractivity contribution in [3.63, 3.8) is 0 Å². The Balaban J connectivity index is 2.51. The molecule has 1 heterocycles. The molecule has 0 aliphatic heterocycles. The minimum Gasteiger partial charge on any atom is -0.399 e. The van der Waals surface area contributed by atoms with Gasteiger partial charge in [-0.2, -0.15) is 0 Å². The second-order valence-electron chi connectivity index (χ2n) is 3.59. The molecular formula is C11H14N2S. The van der Waals surface area contributed by atoms with Gasteiger partial charge in [0.25, 0.3) is 0 Å². The van der Waals surface area contributed by atoms with Gasteiger partial charge in [-0.25, -0.2) is 4.98 Å². The maximum atomic E-state index is 5.71. The fourth-order valence-electron chi connectivity index (χ4n) is 1.35. The summed E-state index contributed by atoms with van der Waals surface area (Å²) in [4.78, 5) is 4.58. The number of rotatable bonds is 2. The van der Waals surface area contributed by atoms with Gasteiger partial charge in [-0.15, -0.1) is 11.3 Å². The van der Waals surface area contributed by atoms with Gasteiger partial charge in [0, 0.05) is 11.6 Å². The van der Waals surface area contributed by atoms with Crippen LogP contribution in [0.15, 0.2) is 18.2 Å². The number of benzene rings is 1. The molecule has 2 aromatic rings. The number of aromatic nitrogens is 1. The van der Waals surface area contributed by atoms with Crippen molar-refractivity contribution < 1.29 is 0 Å². The van der Waals surface area contributed by atoms with E-state index in [1.807, 2.05) is 18.2 Å². The molecule has 0 saturated carbocycles. The van der Waals surface area contributed by atoms with E-state index >= 15 is 0 Å². The Morgan fingerprint density at radius 1 is 1.50 bits per heavy atom. The number of nitrogens with two attached hydrogens (primary N) is 1. The smallest absolute Gasteiger partial charge is 0.0966 e. The summed E-state index contributed by atoms with van der Waals surface area (Å²) >= 11 is 1.77. The highest BCUT2D eigenvalue weighted by molar-refractivity contribution is 7.18. The molecular weight excluding hydrogens is 192 g/mol. The molecule has 3 heteroatoms. The topological polar surface area (TPSA) is 38.9 Å². The van der Waals surface area contributed by atoms with Gasteiger partial charge in [0.1, 0.15) is 0 Å². The SMILES string of the molecule is CC[C@@H](C)c1nc2cc(N)ccc2s1. The van der Waals surface area contributed by atoms with Gasteiger partial charge in [0.15, 0.2) is 0 Å². The van der Waals surface area contributed by atoms with E-state index < -0.39 is 0 Å². The number of thiazole rings is 1. The number of hydrogen-bond acceptors (Lipinski definition) is 3. The number of nitrogens with zero attached hydrogens (tertiary/aromatic N) is 1. The third kappa shape index (κ3) is 1.60. The van der Waals surface area contributed by atoms with Crippen LogP contribution < -0.4 is 5.73 Å². The molecule has 2 nitrogen and oxygen atoms in total. The third-order valence-corrected chi connectivity index (χ3v) is 3.73. The molecule has 1 atom stereocenters. The summed E-state index contributed by atoms with van der Waals surface area (Å²) in [7, 11) is 0. The molecule has 0 amide bonds. The lowest BCUT2D eigenvalue weighted by Crippen LogP contribution is -1.88. The Labute approximate surface area is 87.8 Å². The highest BCUT2D eigenvalue weighted by Gasteiger charge is 2.09. The Morgan fingerprint density at radius 2 is 2.29 bits per heavy atom. The van der Waals surface area contributed by atoms with Crippen LogP contribution in [0.1, 0.15) is 31.2 Å². The zero-order chi connectivity index (χ0) is 10.1. The van der Waals surface area contributed by atoms with E-state index in [-0.39, 0.29) is 0 Å². The number of nitrogen functional groups attached to an aromatic ring is 1. The molecule has 1 aromatic carbocycles. The fourth-order valence-corrected chi connectivity index (χ4v) is 2.43. The maximum Gasteiger partial charge on any atom is 0.0966 e. The minimum atomic E-state index is 0.550. The number of anilines is 1. The summed E-state index contributed by atoms with van der Waals surface area (Å²) in [6, 6.07) is 5.92. The lowest BCUT2D eigenvalue weighted by molar-refractivity contribution is 0.729. The van der Waals surface area contributed by atoms with Gasteiger partial charge in [0.2, 0.25) is 0 Å². The van der Waals surface area contributed by atoms with Crippen LogP contribution in [-0.2, 0) is 0 Å². The first-order valence-corrected chi connectivity index (χ1v) is 5.68. The lowest BCUT2D eigenvalue weighted by atomic mass is 10.1. The highest BCUT2D eigenvalue weighted by Crippen LogP contribution is 2.29. The molecule has 0 aliphatic rings. The molecule has 1 aromatic heterocycles. The minimum absolute atomic E-state index is 0.550. The normalized spacial score (nSPS) is 13.3. The average molecular weight is 206 g/mol. The number of fused-ring (bicyclic) bond motifs is 1. The van der Waals surface area contributed by atoms with Crippen molar-refractivity contribution in [2.24, 2.45) is 0 Å². The fraction of sp³-hybridized carbons (Fsp3) is 0.364. The molecule has 0 saturated heterocycles. The summed E-state index contributed by atoms with van der Waals surface area (Å²) in [5, 5.41) is 1.22. The molecule has 2 rings (SSSR count). The molecule has 0 bridgehead atoms. The Bertz CT molecular complexity index is 447. The first-order valence-electron chi connectivity index (χ1n) is 4.86. The van der Waals surface area contributed by atoms with Crippen molar-refractivity contribution in [3.05, 3.63) is 23.2 Å². The van der Waals surface area contributed by atoms with Crippen LogP contribution in [0.25, 0.3) is 10.2 Å². The average Bonchev–Trinajstić information content (AvgIpc) is 2.59. The molecule has 0 unspecified atom stereocenters. The Morgan fingerprint density at radius 3 is 3.00 bits per heavy atom. The molecule has 14 heavy (non-hydrogen) atoms. The summed E-state index contributed by atoms with van der Waals surface area (Å²) in [5.41, 5.74) is 7.53. The van der Waals surface area contributed by atoms with Crippen LogP contribution in [0, 0.1) is 0 Å². The molecule has 0 fully saturated rings. The van der Waals surface area contributed by atoms with Crippen molar-refractivity contribution in [1.29, 1.82) is 0 Å². The Hall–Kier alpha value is -1.09. The number of hydrogen-bond donors (Lipinski definition) is 1. The Kier molecular flexibility index (Phi) is 2.42. The van der Waals surface area contributed by atoms with E-state index in [4.69, 9.17) is 5.73 Å². The third-order valence-electron chi connectivity index (χ3n) is 2.46. The van der Waals surface area contributed by atoms with Crippen LogP contribution in [0.5, 0.6) is 0 Å². The first-order chi connectivity index (χ1) is 6.70. The van der Waals surface area contributed by atoms with Crippen LogP contribution in [0.4, 0.5) is 5.69 Å². The van der Waals surface area contributed by atoms with Gasteiger partial charge in [-0.3, -0.25) is 0 Å². The molecule has 0 radical (unpaired) electrons. The van der Waals surface area contributed by atoms with Crippen LogP contribution in [0.2, 0.25) is 0 Å². The highest BCUT2D eigenvalue weighted by atomic mass is 32.1. The van der Waals surface area contributed by atoms with E-state index in [2.05, 4.69) is 18.8 Å². The standard InChI is InChI=1S/C11H14N2S/c1-3-7(2)11-13-9-6-8(12)4-5-10(9)14-11/h4-7H,3,12H2,1-2H3/t7-/m1/s1. The predicted molar refractivity (Wildman–Crippen MR) is 62.7 cm³/mol. The summed E-state index contributed by atoms with van der Waals surface area (Å²) in [5.74, 6) is 0.550. The van der Waals surface area contributed by atoms with Crippen molar-refractivity contribution in [3.8, 4) is 0 Å². The lowest BCUT2D eigenvalue weighted by Gasteiger charge is -2.00.